The van der Waals surface area contributed by atoms with Gasteiger partial charge >= 0.3 is 0 Å². The number of nitrogens with zero attached hydrogens (tertiary/aromatic N) is 5. The molecule has 4 heterocycles. The van der Waals surface area contributed by atoms with Gasteiger partial charge in [-0.25, -0.2) is 4.98 Å². The Balaban J connectivity index is 1.56. The third-order valence-electron chi connectivity index (χ3n) is 4.67. The standard InChI is InChI=1S/C16H16N6OS/c23-13-9-12(21-8-7-18-16(10-21)4-5-16)19-15-22(13)20-14(24-15)11-3-1-2-6-17-11/h1-3,6,9,18H,4-5,7-8,10H2. The molecule has 5 rings (SSSR count). The van der Waals surface area contributed by atoms with E-state index in [9.17, 15) is 4.79 Å². The molecule has 1 N–H and O–H groups in total. The van der Waals surface area contributed by atoms with Gasteiger partial charge in [0.25, 0.3) is 5.56 Å². The molecule has 1 spiro atoms. The maximum atomic E-state index is 12.5. The maximum Gasteiger partial charge on any atom is 0.277 e. The summed E-state index contributed by atoms with van der Waals surface area (Å²) >= 11 is 1.39. The number of hydrogen-bond acceptors (Lipinski definition) is 7. The Bertz CT molecular complexity index is 962. The van der Waals surface area contributed by atoms with E-state index in [2.05, 4.69) is 25.3 Å². The molecule has 0 radical (unpaired) electrons. The van der Waals surface area contributed by atoms with E-state index in [1.807, 2.05) is 18.2 Å². The number of nitrogens with one attached hydrogen (secondary N) is 1. The van der Waals surface area contributed by atoms with Crippen LogP contribution in [-0.4, -0.2) is 44.8 Å². The predicted molar refractivity (Wildman–Crippen MR) is 92.5 cm³/mol. The Labute approximate surface area is 142 Å². The van der Waals surface area contributed by atoms with Crippen LogP contribution in [0.25, 0.3) is 15.7 Å². The van der Waals surface area contributed by atoms with Crippen LogP contribution in [0.15, 0.2) is 35.3 Å². The minimum atomic E-state index is -0.142. The molecule has 24 heavy (non-hydrogen) atoms. The summed E-state index contributed by atoms with van der Waals surface area (Å²) in [7, 11) is 0. The highest BCUT2D eigenvalue weighted by Gasteiger charge is 2.45. The molecule has 122 valence electrons. The van der Waals surface area contributed by atoms with Crippen LogP contribution in [0.4, 0.5) is 5.82 Å². The van der Waals surface area contributed by atoms with Crippen molar-refractivity contribution in [2.45, 2.75) is 18.4 Å². The number of aromatic nitrogens is 4. The van der Waals surface area contributed by atoms with Crippen molar-refractivity contribution in [3.05, 3.63) is 40.8 Å². The average molecular weight is 340 g/mol. The van der Waals surface area contributed by atoms with E-state index in [1.165, 1.54) is 28.7 Å². The first-order chi connectivity index (χ1) is 11.7. The highest BCUT2D eigenvalue weighted by molar-refractivity contribution is 7.19. The fourth-order valence-electron chi connectivity index (χ4n) is 3.19. The molecular formula is C16H16N6OS. The second-order valence-electron chi connectivity index (χ2n) is 6.40. The Morgan fingerprint density at radius 3 is 3.00 bits per heavy atom. The van der Waals surface area contributed by atoms with Crippen LogP contribution in [0.1, 0.15) is 12.8 Å². The van der Waals surface area contributed by atoms with Crippen molar-refractivity contribution in [2.75, 3.05) is 24.5 Å². The van der Waals surface area contributed by atoms with Gasteiger partial charge in [-0.2, -0.15) is 4.52 Å². The van der Waals surface area contributed by atoms with Crippen LogP contribution in [0.5, 0.6) is 0 Å². The van der Waals surface area contributed by atoms with E-state index in [-0.39, 0.29) is 11.1 Å². The zero-order chi connectivity index (χ0) is 16.1. The SMILES string of the molecule is O=c1cc(N2CCNC3(CC3)C2)nc2sc(-c3ccccn3)nn12. The van der Waals surface area contributed by atoms with Gasteiger partial charge in [0.2, 0.25) is 4.96 Å². The maximum absolute atomic E-state index is 12.5. The summed E-state index contributed by atoms with van der Waals surface area (Å²) in [4.78, 5) is 24.3. The summed E-state index contributed by atoms with van der Waals surface area (Å²) in [5.41, 5.74) is 0.864. The van der Waals surface area contributed by atoms with Gasteiger partial charge < -0.3 is 10.2 Å². The van der Waals surface area contributed by atoms with Gasteiger partial charge in [-0.15, -0.1) is 5.10 Å². The average Bonchev–Trinajstić information content (AvgIpc) is 3.20. The molecule has 0 unspecified atom stereocenters. The zero-order valence-corrected chi connectivity index (χ0v) is 13.8. The van der Waals surface area contributed by atoms with Gasteiger partial charge in [-0.3, -0.25) is 9.78 Å². The van der Waals surface area contributed by atoms with Gasteiger partial charge in [0.15, 0.2) is 5.01 Å². The summed E-state index contributed by atoms with van der Waals surface area (Å²) in [6.07, 6.45) is 4.13. The molecule has 1 aliphatic heterocycles. The quantitative estimate of drug-likeness (QED) is 0.754. The lowest BCUT2D eigenvalue weighted by Crippen LogP contribution is -2.53. The molecule has 2 aliphatic rings. The molecular weight excluding hydrogens is 324 g/mol. The Morgan fingerprint density at radius 1 is 1.29 bits per heavy atom. The smallest absolute Gasteiger partial charge is 0.277 e. The van der Waals surface area contributed by atoms with Gasteiger partial charge in [0.05, 0.1) is 0 Å². The van der Waals surface area contributed by atoms with Gasteiger partial charge in [0, 0.05) is 37.4 Å². The second-order valence-corrected chi connectivity index (χ2v) is 7.35. The first-order valence-corrected chi connectivity index (χ1v) is 8.87. The number of piperazine rings is 1. The highest BCUT2D eigenvalue weighted by atomic mass is 32.1. The number of hydrogen-bond donors (Lipinski definition) is 1. The van der Waals surface area contributed by atoms with Crippen LogP contribution in [0, 0.1) is 0 Å². The fourth-order valence-corrected chi connectivity index (χ4v) is 4.07. The second kappa shape index (κ2) is 5.09. The molecule has 8 heteroatoms. The van der Waals surface area contributed by atoms with Crippen LogP contribution in [0.3, 0.4) is 0 Å². The summed E-state index contributed by atoms with van der Waals surface area (Å²) < 4.78 is 1.37. The normalized spacial score (nSPS) is 19.1. The van der Waals surface area contributed by atoms with Crippen LogP contribution < -0.4 is 15.8 Å². The molecule has 1 aliphatic carbocycles. The molecule has 1 saturated carbocycles. The van der Waals surface area contributed by atoms with E-state index in [0.29, 0.717) is 9.97 Å². The van der Waals surface area contributed by atoms with E-state index < -0.39 is 0 Å². The molecule has 0 atom stereocenters. The van der Waals surface area contributed by atoms with Crippen molar-refractivity contribution >= 4 is 22.1 Å². The van der Waals surface area contributed by atoms with Gasteiger partial charge in [0.1, 0.15) is 11.5 Å². The van der Waals surface area contributed by atoms with Crippen molar-refractivity contribution in [3.8, 4) is 10.7 Å². The third kappa shape index (κ3) is 2.30. The summed E-state index contributed by atoms with van der Waals surface area (Å²) in [6.45, 7) is 2.72. The lowest BCUT2D eigenvalue weighted by Gasteiger charge is -2.34. The monoisotopic (exact) mass is 340 g/mol. The number of rotatable bonds is 2. The Kier molecular flexibility index (Phi) is 2.98. The molecule has 7 nitrogen and oxygen atoms in total. The van der Waals surface area contributed by atoms with Crippen LogP contribution in [0.2, 0.25) is 0 Å². The zero-order valence-electron chi connectivity index (χ0n) is 13.0. The van der Waals surface area contributed by atoms with Gasteiger partial charge in [-0.1, -0.05) is 17.4 Å². The minimum absolute atomic E-state index is 0.142. The summed E-state index contributed by atoms with van der Waals surface area (Å²) in [5.74, 6) is 0.754. The molecule has 3 aromatic rings. The summed E-state index contributed by atoms with van der Waals surface area (Å²) in [5, 5.41) is 8.66. The lowest BCUT2D eigenvalue weighted by atomic mass is 10.2. The van der Waals surface area contributed by atoms with E-state index in [4.69, 9.17) is 0 Å². The predicted octanol–water partition coefficient (Wildman–Crippen LogP) is 1.16. The minimum Gasteiger partial charge on any atom is -0.353 e. The van der Waals surface area contributed by atoms with E-state index in [0.717, 1.165) is 31.1 Å². The molecule has 3 aromatic heterocycles. The van der Waals surface area contributed by atoms with Crippen LogP contribution in [-0.2, 0) is 0 Å². The van der Waals surface area contributed by atoms with Crippen LogP contribution >= 0.6 is 11.3 Å². The molecule has 1 saturated heterocycles. The number of anilines is 1. The Hall–Kier alpha value is -2.32. The van der Waals surface area contributed by atoms with Crippen molar-refractivity contribution in [1.29, 1.82) is 0 Å². The molecule has 0 aromatic carbocycles. The summed E-state index contributed by atoms with van der Waals surface area (Å²) in [6, 6.07) is 7.25. The molecule has 2 fully saturated rings. The molecule has 0 amide bonds. The van der Waals surface area contributed by atoms with Crippen molar-refractivity contribution < 1.29 is 0 Å². The van der Waals surface area contributed by atoms with Gasteiger partial charge in [-0.05, 0) is 25.0 Å². The van der Waals surface area contributed by atoms with E-state index >= 15 is 0 Å². The van der Waals surface area contributed by atoms with Crippen molar-refractivity contribution in [2.24, 2.45) is 0 Å². The van der Waals surface area contributed by atoms with Crippen molar-refractivity contribution in [3.63, 3.8) is 0 Å². The fraction of sp³-hybridized carbons (Fsp3) is 0.375. The lowest BCUT2D eigenvalue weighted by molar-refractivity contribution is 0.440. The highest BCUT2D eigenvalue weighted by Crippen LogP contribution is 2.38. The first-order valence-electron chi connectivity index (χ1n) is 8.05. The van der Waals surface area contributed by atoms with E-state index in [1.54, 1.807) is 12.3 Å². The molecule has 0 bridgehead atoms. The van der Waals surface area contributed by atoms with Crippen molar-refractivity contribution in [1.82, 2.24) is 24.9 Å². The number of pyridine rings is 1. The largest absolute Gasteiger partial charge is 0.353 e. The number of fused-ring (bicyclic) bond motifs is 1. The first kappa shape index (κ1) is 14.1. The third-order valence-corrected chi connectivity index (χ3v) is 5.60. The Morgan fingerprint density at radius 2 is 2.21 bits per heavy atom. The topological polar surface area (TPSA) is 75.4 Å².